The van der Waals surface area contributed by atoms with Crippen LogP contribution in [-0.4, -0.2) is 9.78 Å². The zero-order valence-corrected chi connectivity index (χ0v) is 9.20. The van der Waals surface area contributed by atoms with Gasteiger partial charge in [-0.15, -0.1) is 0 Å². The van der Waals surface area contributed by atoms with E-state index in [-0.39, 0.29) is 0 Å². The van der Waals surface area contributed by atoms with E-state index in [1.807, 2.05) is 42.1 Å². The Hall–Kier alpha value is -1.48. The van der Waals surface area contributed by atoms with Gasteiger partial charge in [0.25, 0.3) is 0 Å². The zero-order chi connectivity index (χ0) is 10.8. The molecule has 0 atom stereocenters. The summed E-state index contributed by atoms with van der Waals surface area (Å²) in [5.41, 5.74) is 8.39. The lowest BCUT2D eigenvalue weighted by atomic mass is 10.2. The molecule has 1 heterocycles. The third-order valence-electron chi connectivity index (χ3n) is 2.21. The van der Waals surface area contributed by atoms with E-state index in [1.165, 1.54) is 0 Å². The quantitative estimate of drug-likeness (QED) is 0.792. The highest BCUT2D eigenvalue weighted by Gasteiger charge is 2.02. The number of aryl methyl sites for hydroxylation is 1. The normalized spacial score (nSPS) is 10.5. The van der Waals surface area contributed by atoms with E-state index in [0.29, 0.717) is 11.6 Å². The van der Waals surface area contributed by atoms with E-state index in [4.69, 9.17) is 17.3 Å². The van der Waals surface area contributed by atoms with E-state index in [0.717, 1.165) is 16.9 Å². The number of halogens is 1. The minimum atomic E-state index is 0.699. The highest BCUT2D eigenvalue weighted by molar-refractivity contribution is 6.31. The monoisotopic (exact) mass is 221 g/mol. The summed E-state index contributed by atoms with van der Waals surface area (Å²) < 4.78 is 1.82. The molecule has 0 fully saturated rings. The Bertz CT molecular complexity index is 440. The molecular weight excluding hydrogens is 210 g/mol. The molecule has 0 radical (unpaired) electrons. The lowest BCUT2D eigenvalue weighted by Gasteiger charge is -2.01. The van der Waals surface area contributed by atoms with Crippen molar-refractivity contribution in [2.45, 2.75) is 13.5 Å². The second-order valence-electron chi connectivity index (χ2n) is 3.50. The molecule has 0 spiro atoms. The van der Waals surface area contributed by atoms with E-state index in [1.54, 1.807) is 0 Å². The molecule has 2 aromatic rings. The zero-order valence-electron chi connectivity index (χ0n) is 8.44. The second kappa shape index (κ2) is 3.95. The van der Waals surface area contributed by atoms with Crippen LogP contribution in [0.15, 0.2) is 30.5 Å². The summed E-state index contributed by atoms with van der Waals surface area (Å²) in [6.07, 6.45) is 1.83. The van der Waals surface area contributed by atoms with Gasteiger partial charge in [-0.05, 0) is 24.6 Å². The topological polar surface area (TPSA) is 43.8 Å². The minimum Gasteiger partial charge on any atom is -0.399 e. The summed E-state index contributed by atoms with van der Waals surface area (Å²) in [5, 5.41) is 4.98. The fraction of sp³-hybridized carbons (Fsp3) is 0.182. The van der Waals surface area contributed by atoms with Crippen molar-refractivity contribution in [1.82, 2.24) is 9.78 Å². The minimum absolute atomic E-state index is 0.699. The molecule has 0 amide bonds. The predicted molar refractivity (Wildman–Crippen MR) is 61.9 cm³/mol. The SMILES string of the molecule is Cc1nn(Cc2ccc(N)cc2)cc1Cl. The van der Waals surface area contributed by atoms with Crippen molar-refractivity contribution < 1.29 is 0 Å². The van der Waals surface area contributed by atoms with Crippen molar-refractivity contribution in [3.8, 4) is 0 Å². The summed E-state index contributed by atoms with van der Waals surface area (Å²) in [5.74, 6) is 0. The third kappa shape index (κ3) is 2.30. The standard InChI is InChI=1S/C11H12ClN3/c1-8-11(12)7-15(14-8)6-9-2-4-10(13)5-3-9/h2-5,7H,6,13H2,1H3. The molecule has 78 valence electrons. The highest BCUT2D eigenvalue weighted by Crippen LogP contribution is 2.14. The molecule has 2 rings (SSSR count). The van der Waals surface area contributed by atoms with Crippen LogP contribution >= 0.6 is 11.6 Å². The molecule has 0 aliphatic heterocycles. The van der Waals surface area contributed by atoms with Crippen molar-refractivity contribution in [2.24, 2.45) is 0 Å². The Morgan fingerprint density at radius 3 is 2.53 bits per heavy atom. The van der Waals surface area contributed by atoms with E-state index in [9.17, 15) is 0 Å². The van der Waals surface area contributed by atoms with Crippen LogP contribution in [0.25, 0.3) is 0 Å². The summed E-state index contributed by atoms with van der Waals surface area (Å²) in [6, 6.07) is 7.74. The molecule has 0 aliphatic carbocycles. The number of nitrogens with two attached hydrogens (primary N) is 1. The summed E-state index contributed by atoms with van der Waals surface area (Å²) in [4.78, 5) is 0. The maximum absolute atomic E-state index is 5.92. The second-order valence-corrected chi connectivity index (χ2v) is 3.91. The van der Waals surface area contributed by atoms with Crippen LogP contribution in [0.4, 0.5) is 5.69 Å². The van der Waals surface area contributed by atoms with Crippen molar-refractivity contribution in [2.75, 3.05) is 5.73 Å². The van der Waals surface area contributed by atoms with Crippen LogP contribution in [0.1, 0.15) is 11.3 Å². The van der Waals surface area contributed by atoms with Gasteiger partial charge < -0.3 is 5.73 Å². The largest absolute Gasteiger partial charge is 0.399 e. The molecule has 1 aromatic carbocycles. The van der Waals surface area contributed by atoms with Crippen molar-refractivity contribution >= 4 is 17.3 Å². The molecule has 3 nitrogen and oxygen atoms in total. The number of nitrogen functional groups attached to an aromatic ring is 1. The number of hydrogen-bond donors (Lipinski definition) is 1. The first-order chi connectivity index (χ1) is 7.15. The maximum atomic E-state index is 5.92. The van der Waals surface area contributed by atoms with Crippen LogP contribution < -0.4 is 5.73 Å². The number of rotatable bonds is 2. The lowest BCUT2D eigenvalue weighted by Crippen LogP contribution is -2.00. The average Bonchev–Trinajstić information content (AvgIpc) is 2.50. The summed E-state index contributed by atoms with van der Waals surface area (Å²) in [6.45, 7) is 2.61. The van der Waals surface area contributed by atoms with Gasteiger partial charge in [0.15, 0.2) is 0 Å². The van der Waals surface area contributed by atoms with Gasteiger partial charge in [0.2, 0.25) is 0 Å². The van der Waals surface area contributed by atoms with Gasteiger partial charge in [-0.3, -0.25) is 4.68 Å². The van der Waals surface area contributed by atoms with Gasteiger partial charge in [0, 0.05) is 11.9 Å². The Balaban J connectivity index is 2.18. The average molecular weight is 222 g/mol. The van der Waals surface area contributed by atoms with E-state index < -0.39 is 0 Å². The number of nitrogens with zero attached hydrogens (tertiary/aromatic N) is 2. The summed E-state index contributed by atoms with van der Waals surface area (Å²) in [7, 11) is 0. The molecule has 2 N–H and O–H groups in total. The van der Waals surface area contributed by atoms with Gasteiger partial charge in [-0.2, -0.15) is 5.10 Å². The molecule has 0 saturated carbocycles. The van der Waals surface area contributed by atoms with Crippen LogP contribution in [-0.2, 0) is 6.54 Å². The van der Waals surface area contributed by atoms with Crippen LogP contribution in [0.3, 0.4) is 0 Å². The number of hydrogen-bond acceptors (Lipinski definition) is 2. The Labute approximate surface area is 93.5 Å². The Morgan fingerprint density at radius 2 is 2.00 bits per heavy atom. The molecule has 0 bridgehead atoms. The molecule has 1 aromatic heterocycles. The fourth-order valence-electron chi connectivity index (χ4n) is 1.38. The number of benzene rings is 1. The van der Waals surface area contributed by atoms with Gasteiger partial charge in [-0.25, -0.2) is 0 Å². The molecule has 15 heavy (non-hydrogen) atoms. The van der Waals surface area contributed by atoms with Crippen LogP contribution in [0.5, 0.6) is 0 Å². The smallest absolute Gasteiger partial charge is 0.0815 e. The summed E-state index contributed by atoms with van der Waals surface area (Å²) >= 11 is 5.92. The van der Waals surface area contributed by atoms with Gasteiger partial charge in [0.1, 0.15) is 0 Å². The van der Waals surface area contributed by atoms with Gasteiger partial charge >= 0.3 is 0 Å². The first-order valence-corrected chi connectivity index (χ1v) is 5.07. The van der Waals surface area contributed by atoms with Crippen molar-refractivity contribution in [3.63, 3.8) is 0 Å². The predicted octanol–water partition coefficient (Wildman–Crippen LogP) is 2.48. The van der Waals surface area contributed by atoms with Crippen LogP contribution in [0.2, 0.25) is 5.02 Å². The lowest BCUT2D eigenvalue weighted by molar-refractivity contribution is 0.679. The fourth-order valence-corrected chi connectivity index (χ4v) is 1.54. The Kier molecular flexibility index (Phi) is 2.64. The van der Waals surface area contributed by atoms with Crippen molar-refractivity contribution in [1.29, 1.82) is 0 Å². The molecule has 0 unspecified atom stereocenters. The first-order valence-electron chi connectivity index (χ1n) is 4.69. The molecule has 4 heteroatoms. The first kappa shape index (κ1) is 10.1. The number of aromatic nitrogens is 2. The van der Waals surface area contributed by atoms with Crippen molar-refractivity contribution in [3.05, 3.63) is 46.7 Å². The molecule has 0 aliphatic rings. The number of anilines is 1. The van der Waals surface area contributed by atoms with E-state index in [2.05, 4.69) is 5.10 Å². The van der Waals surface area contributed by atoms with Crippen LogP contribution in [0, 0.1) is 6.92 Å². The van der Waals surface area contributed by atoms with Gasteiger partial charge in [0.05, 0.1) is 17.3 Å². The third-order valence-corrected chi connectivity index (χ3v) is 2.58. The van der Waals surface area contributed by atoms with Gasteiger partial charge in [-0.1, -0.05) is 23.7 Å². The van der Waals surface area contributed by atoms with E-state index >= 15 is 0 Å². The molecule has 0 saturated heterocycles. The maximum Gasteiger partial charge on any atom is 0.0815 e. The molecular formula is C11H12ClN3. The highest BCUT2D eigenvalue weighted by atomic mass is 35.5. The Morgan fingerprint density at radius 1 is 1.33 bits per heavy atom.